The molecule has 0 bridgehead atoms. The summed E-state index contributed by atoms with van der Waals surface area (Å²) in [6.45, 7) is 12.2. The number of nitrogens with one attached hydrogen (secondary N) is 2. The van der Waals surface area contributed by atoms with Crippen LogP contribution >= 0.6 is 0 Å². The summed E-state index contributed by atoms with van der Waals surface area (Å²) in [5.74, 6) is 0.768. The molecule has 4 heteroatoms. The van der Waals surface area contributed by atoms with Crippen molar-refractivity contribution in [2.24, 2.45) is 5.41 Å². The van der Waals surface area contributed by atoms with Crippen LogP contribution in [-0.2, 0) is 6.42 Å². The monoisotopic (exact) mass is 291 g/mol. The van der Waals surface area contributed by atoms with Gasteiger partial charge >= 0.3 is 0 Å². The minimum atomic E-state index is -0.0202. The highest BCUT2D eigenvalue weighted by molar-refractivity contribution is 5.95. The zero-order valence-corrected chi connectivity index (χ0v) is 14.0. The Hall–Kier alpha value is -1.58. The highest BCUT2D eigenvalue weighted by Gasteiger charge is 2.17. The number of hydrogen-bond acceptors (Lipinski definition) is 3. The molecule has 1 heterocycles. The molecule has 21 heavy (non-hydrogen) atoms. The Balaban J connectivity index is 2.82. The first-order valence-electron chi connectivity index (χ1n) is 7.95. The molecule has 4 nitrogen and oxygen atoms in total. The normalized spacial score (nSPS) is 11.3. The third-order valence-electron chi connectivity index (χ3n) is 3.74. The van der Waals surface area contributed by atoms with Crippen molar-refractivity contribution in [1.82, 2.24) is 10.3 Å². The molecule has 0 aliphatic heterocycles. The second kappa shape index (κ2) is 8.01. The van der Waals surface area contributed by atoms with Gasteiger partial charge in [0, 0.05) is 24.3 Å². The van der Waals surface area contributed by atoms with Crippen LogP contribution in [0.4, 0.5) is 5.82 Å². The Kier molecular flexibility index (Phi) is 6.66. The molecule has 0 unspecified atom stereocenters. The van der Waals surface area contributed by atoms with Crippen molar-refractivity contribution in [3.63, 3.8) is 0 Å². The molecule has 0 aromatic carbocycles. The van der Waals surface area contributed by atoms with Crippen molar-refractivity contribution in [1.29, 1.82) is 0 Å². The van der Waals surface area contributed by atoms with Crippen LogP contribution < -0.4 is 10.6 Å². The van der Waals surface area contributed by atoms with Gasteiger partial charge in [0.15, 0.2) is 0 Å². The van der Waals surface area contributed by atoms with Gasteiger partial charge < -0.3 is 10.6 Å². The smallest absolute Gasteiger partial charge is 0.251 e. The summed E-state index contributed by atoms with van der Waals surface area (Å²) in [7, 11) is 0. The second-order valence-corrected chi connectivity index (χ2v) is 6.21. The van der Waals surface area contributed by atoms with Gasteiger partial charge in [-0.2, -0.15) is 0 Å². The molecule has 0 aliphatic rings. The fourth-order valence-electron chi connectivity index (χ4n) is 1.79. The number of hydrogen-bond donors (Lipinski definition) is 2. The average molecular weight is 291 g/mol. The van der Waals surface area contributed by atoms with Crippen LogP contribution in [0.5, 0.6) is 0 Å². The van der Waals surface area contributed by atoms with Crippen LogP contribution in [-0.4, -0.2) is 24.0 Å². The van der Waals surface area contributed by atoms with Crippen molar-refractivity contribution < 1.29 is 4.79 Å². The summed E-state index contributed by atoms with van der Waals surface area (Å²) in [5, 5.41) is 6.29. The number of carbonyl (C=O) groups excluding carboxylic acids is 1. The largest absolute Gasteiger partial charge is 0.370 e. The van der Waals surface area contributed by atoms with E-state index in [1.807, 2.05) is 19.1 Å². The molecule has 1 amide bonds. The molecule has 0 atom stereocenters. The maximum atomic E-state index is 12.3. The molecule has 0 aliphatic carbocycles. The molecule has 0 saturated heterocycles. The minimum Gasteiger partial charge on any atom is -0.370 e. The average Bonchev–Trinajstić information content (AvgIpc) is 2.50. The molecule has 0 fully saturated rings. The second-order valence-electron chi connectivity index (χ2n) is 6.21. The number of pyridine rings is 1. The Morgan fingerprint density at radius 3 is 2.52 bits per heavy atom. The van der Waals surface area contributed by atoms with Crippen LogP contribution in [0.3, 0.4) is 0 Å². The lowest BCUT2D eigenvalue weighted by Gasteiger charge is -2.23. The predicted molar refractivity (Wildman–Crippen MR) is 88.8 cm³/mol. The van der Waals surface area contributed by atoms with Crippen LogP contribution in [0.15, 0.2) is 12.1 Å². The van der Waals surface area contributed by atoms with E-state index in [0.29, 0.717) is 12.1 Å². The molecule has 118 valence electrons. The van der Waals surface area contributed by atoms with Gasteiger partial charge in [0.05, 0.1) is 0 Å². The maximum Gasteiger partial charge on any atom is 0.251 e. The van der Waals surface area contributed by atoms with E-state index in [9.17, 15) is 4.79 Å². The Morgan fingerprint density at radius 2 is 1.95 bits per heavy atom. The molecule has 1 aromatic heterocycles. The van der Waals surface area contributed by atoms with E-state index >= 15 is 0 Å². The molecule has 0 radical (unpaired) electrons. The van der Waals surface area contributed by atoms with Gasteiger partial charge in [0.1, 0.15) is 5.82 Å². The standard InChI is InChI=1S/C17H29N3O/c1-6-9-18-15-11-13(10-14(7-2)20-15)16(21)19-12-17(4,5)8-3/h10-11H,6-9,12H2,1-5H3,(H,18,20)(H,19,21). The third kappa shape index (κ3) is 5.74. The zero-order chi connectivity index (χ0) is 15.9. The molecule has 2 N–H and O–H groups in total. The first-order chi connectivity index (χ1) is 9.91. The van der Waals surface area contributed by atoms with E-state index in [-0.39, 0.29) is 11.3 Å². The summed E-state index contributed by atoms with van der Waals surface area (Å²) < 4.78 is 0. The van der Waals surface area contributed by atoms with Crippen LogP contribution in [0.1, 0.15) is 63.5 Å². The summed E-state index contributed by atoms with van der Waals surface area (Å²) in [6, 6.07) is 3.72. The van der Waals surface area contributed by atoms with E-state index in [4.69, 9.17) is 0 Å². The van der Waals surface area contributed by atoms with E-state index < -0.39 is 0 Å². The number of carbonyl (C=O) groups is 1. The van der Waals surface area contributed by atoms with Crippen LogP contribution in [0.2, 0.25) is 0 Å². The van der Waals surface area contributed by atoms with E-state index in [0.717, 1.165) is 37.3 Å². The number of amides is 1. The summed E-state index contributed by atoms with van der Waals surface area (Å²) in [6.07, 6.45) is 2.89. The summed E-state index contributed by atoms with van der Waals surface area (Å²) >= 11 is 0. The highest BCUT2D eigenvalue weighted by Crippen LogP contribution is 2.18. The predicted octanol–water partition coefficient (Wildman–Crippen LogP) is 3.63. The van der Waals surface area contributed by atoms with E-state index in [2.05, 4.69) is 43.3 Å². The summed E-state index contributed by atoms with van der Waals surface area (Å²) in [4.78, 5) is 16.8. The topological polar surface area (TPSA) is 54.0 Å². The van der Waals surface area contributed by atoms with Gasteiger partial charge in [0.25, 0.3) is 5.91 Å². The quantitative estimate of drug-likeness (QED) is 0.769. The molecule has 1 aromatic rings. The van der Waals surface area contributed by atoms with Crippen molar-refractivity contribution in [3.05, 3.63) is 23.4 Å². The Morgan fingerprint density at radius 1 is 1.24 bits per heavy atom. The molecular formula is C17H29N3O. The fraction of sp³-hybridized carbons (Fsp3) is 0.647. The van der Waals surface area contributed by atoms with Gasteiger partial charge in [-0.3, -0.25) is 4.79 Å². The van der Waals surface area contributed by atoms with Crippen molar-refractivity contribution >= 4 is 11.7 Å². The molecule has 0 spiro atoms. The lowest BCUT2D eigenvalue weighted by molar-refractivity contribution is 0.0935. The number of aromatic nitrogens is 1. The fourth-order valence-corrected chi connectivity index (χ4v) is 1.79. The van der Waals surface area contributed by atoms with Gasteiger partial charge in [-0.05, 0) is 36.8 Å². The number of aryl methyl sites for hydroxylation is 1. The molecule has 0 saturated carbocycles. The van der Waals surface area contributed by atoms with Gasteiger partial charge in [-0.15, -0.1) is 0 Å². The van der Waals surface area contributed by atoms with Crippen molar-refractivity contribution in [3.8, 4) is 0 Å². The lowest BCUT2D eigenvalue weighted by atomic mass is 9.90. The Labute approximate surface area is 128 Å². The van der Waals surface area contributed by atoms with Crippen molar-refractivity contribution in [2.75, 3.05) is 18.4 Å². The molecular weight excluding hydrogens is 262 g/mol. The van der Waals surface area contributed by atoms with Gasteiger partial charge in [-0.1, -0.05) is 34.6 Å². The highest BCUT2D eigenvalue weighted by atomic mass is 16.1. The Bertz CT molecular complexity index is 469. The van der Waals surface area contributed by atoms with Gasteiger partial charge in [-0.25, -0.2) is 4.98 Å². The zero-order valence-electron chi connectivity index (χ0n) is 14.0. The number of nitrogens with zero attached hydrogens (tertiary/aromatic N) is 1. The van der Waals surface area contributed by atoms with Gasteiger partial charge in [0.2, 0.25) is 0 Å². The lowest BCUT2D eigenvalue weighted by Crippen LogP contribution is -2.33. The van der Waals surface area contributed by atoms with E-state index in [1.54, 1.807) is 0 Å². The maximum absolute atomic E-state index is 12.3. The first kappa shape index (κ1) is 17.5. The van der Waals surface area contributed by atoms with E-state index in [1.165, 1.54) is 0 Å². The number of rotatable bonds is 8. The first-order valence-corrected chi connectivity index (χ1v) is 7.95. The minimum absolute atomic E-state index is 0.0202. The van der Waals surface area contributed by atoms with Crippen LogP contribution in [0.25, 0.3) is 0 Å². The summed E-state index contributed by atoms with van der Waals surface area (Å²) in [5.41, 5.74) is 1.75. The van der Waals surface area contributed by atoms with Crippen LogP contribution in [0, 0.1) is 5.41 Å². The van der Waals surface area contributed by atoms with Crippen molar-refractivity contribution in [2.45, 2.75) is 53.9 Å². The SMILES string of the molecule is CCCNc1cc(C(=O)NCC(C)(C)CC)cc(CC)n1. The third-order valence-corrected chi connectivity index (χ3v) is 3.74. The number of anilines is 1. The molecule has 1 rings (SSSR count).